The minimum absolute atomic E-state index is 0.0478. The third-order valence-corrected chi connectivity index (χ3v) is 4.95. The van der Waals surface area contributed by atoms with E-state index in [-0.39, 0.29) is 11.8 Å². The first-order valence-electron chi connectivity index (χ1n) is 9.70. The second kappa shape index (κ2) is 8.19. The number of nitrogens with zero attached hydrogens (tertiary/aromatic N) is 1. The molecule has 0 aliphatic carbocycles. The lowest BCUT2D eigenvalue weighted by atomic mass is 10.1. The number of amides is 2. The molecule has 0 saturated heterocycles. The Hall–Kier alpha value is -3.60. The lowest BCUT2D eigenvalue weighted by molar-refractivity contribution is 0.0986. The number of hydrogen-bond donors (Lipinski definition) is 1. The Balaban J connectivity index is 1.43. The van der Waals surface area contributed by atoms with Crippen molar-refractivity contribution in [3.8, 4) is 5.75 Å². The van der Waals surface area contributed by atoms with E-state index in [4.69, 9.17) is 4.74 Å². The number of para-hydroxylation sites is 1. The first-order chi connectivity index (χ1) is 14.2. The molecule has 1 aliphatic rings. The van der Waals surface area contributed by atoms with Crippen molar-refractivity contribution in [3.05, 3.63) is 89.5 Å². The minimum Gasteiger partial charge on any atom is -0.494 e. The molecule has 0 aromatic heterocycles. The summed E-state index contributed by atoms with van der Waals surface area (Å²) in [4.78, 5) is 27.2. The van der Waals surface area contributed by atoms with E-state index in [0.717, 1.165) is 17.9 Å². The van der Waals surface area contributed by atoms with Crippen LogP contribution < -0.4 is 15.0 Å². The standard InChI is InChI=1S/C24H22N2O3/c1-2-29-21-13-11-20(12-14-21)25-23(27)18-7-9-19(10-8-18)24(28)26-16-15-17-5-3-4-6-22(17)26/h3-14H,2,15-16H2,1H3,(H,25,27). The molecule has 0 radical (unpaired) electrons. The Kier molecular flexibility index (Phi) is 5.29. The second-order valence-corrected chi connectivity index (χ2v) is 6.82. The topological polar surface area (TPSA) is 58.6 Å². The highest BCUT2D eigenvalue weighted by atomic mass is 16.5. The smallest absolute Gasteiger partial charge is 0.258 e. The number of fused-ring (bicyclic) bond motifs is 1. The highest BCUT2D eigenvalue weighted by Crippen LogP contribution is 2.29. The van der Waals surface area contributed by atoms with E-state index in [1.54, 1.807) is 41.3 Å². The first-order valence-corrected chi connectivity index (χ1v) is 9.70. The van der Waals surface area contributed by atoms with Gasteiger partial charge in [0.2, 0.25) is 0 Å². The van der Waals surface area contributed by atoms with Crippen molar-refractivity contribution >= 4 is 23.2 Å². The molecular formula is C24H22N2O3. The molecule has 4 rings (SSSR count). The third kappa shape index (κ3) is 3.99. The Morgan fingerprint density at radius 2 is 1.62 bits per heavy atom. The van der Waals surface area contributed by atoms with Crippen LogP contribution in [0.4, 0.5) is 11.4 Å². The van der Waals surface area contributed by atoms with Crippen LogP contribution in [0.25, 0.3) is 0 Å². The summed E-state index contributed by atoms with van der Waals surface area (Å²) in [5.74, 6) is 0.491. The summed E-state index contributed by atoms with van der Waals surface area (Å²) < 4.78 is 5.40. The van der Waals surface area contributed by atoms with Gasteiger partial charge in [0, 0.05) is 29.0 Å². The number of carbonyl (C=O) groups excluding carboxylic acids is 2. The van der Waals surface area contributed by atoms with Crippen molar-refractivity contribution in [1.82, 2.24) is 0 Å². The van der Waals surface area contributed by atoms with Crippen LogP contribution in [-0.2, 0) is 6.42 Å². The minimum atomic E-state index is -0.223. The lowest BCUT2D eigenvalue weighted by Crippen LogP contribution is -2.28. The number of hydrogen-bond acceptors (Lipinski definition) is 3. The summed E-state index contributed by atoms with van der Waals surface area (Å²) in [6.45, 7) is 3.20. The van der Waals surface area contributed by atoms with Gasteiger partial charge in [-0.2, -0.15) is 0 Å². The molecule has 0 unspecified atom stereocenters. The molecule has 5 heteroatoms. The average Bonchev–Trinajstić information content (AvgIpc) is 3.19. The van der Waals surface area contributed by atoms with Crippen LogP contribution in [0.1, 0.15) is 33.2 Å². The summed E-state index contributed by atoms with van der Waals surface area (Å²) in [5, 5.41) is 2.85. The van der Waals surface area contributed by atoms with E-state index < -0.39 is 0 Å². The van der Waals surface area contributed by atoms with Crippen molar-refractivity contribution in [2.24, 2.45) is 0 Å². The molecule has 146 valence electrons. The maximum absolute atomic E-state index is 12.9. The van der Waals surface area contributed by atoms with Crippen molar-refractivity contribution in [3.63, 3.8) is 0 Å². The fourth-order valence-corrected chi connectivity index (χ4v) is 3.47. The van der Waals surface area contributed by atoms with Crippen molar-refractivity contribution in [2.45, 2.75) is 13.3 Å². The van der Waals surface area contributed by atoms with Gasteiger partial charge in [-0.1, -0.05) is 18.2 Å². The van der Waals surface area contributed by atoms with Crippen LogP contribution in [0, 0.1) is 0 Å². The van der Waals surface area contributed by atoms with Crippen LogP contribution in [-0.4, -0.2) is 25.0 Å². The van der Waals surface area contributed by atoms with Gasteiger partial charge in [0.25, 0.3) is 11.8 Å². The average molecular weight is 386 g/mol. The van der Waals surface area contributed by atoms with Gasteiger partial charge in [0.15, 0.2) is 0 Å². The van der Waals surface area contributed by atoms with Gasteiger partial charge >= 0.3 is 0 Å². The van der Waals surface area contributed by atoms with Crippen molar-refractivity contribution < 1.29 is 14.3 Å². The molecular weight excluding hydrogens is 364 g/mol. The normalized spacial score (nSPS) is 12.4. The van der Waals surface area contributed by atoms with Crippen molar-refractivity contribution in [2.75, 3.05) is 23.4 Å². The SMILES string of the molecule is CCOc1ccc(NC(=O)c2ccc(C(=O)N3CCc4ccccc43)cc2)cc1. The second-order valence-electron chi connectivity index (χ2n) is 6.82. The largest absolute Gasteiger partial charge is 0.494 e. The third-order valence-electron chi connectivity index (χ3n) is 4.95. The number of anilines is 2. The lowest BCUT2D eigenvalue weighted by Gasteiger charge is -2.17. The van der Waals surface area contributed by atoms with Gasteiger partial charge in [-0.25, -0.2) is 0 Å². The van der Waals surface area contributed by atoms with E-state index in [1.165, 1.54) is 5.56 Å². The molecule has 1 aliphatic heterocycles. The van der Waals surface area contributed by atoms with Crippen LogP contribution in [0.2, 0.25) is 0 Å². The fourth-order valence-electron chi connectivity index (χ4n) is 3.47. The number of benzene rings is 3. The van der Waals surface area contributed by atoms with E-state index >= 15 is 0 Å². The Morgan fingerprint density at radius 3 is 2.34 bits per heavy atom. The molecule has 1 N–H and O–H groups in total. The first kappa shape index (κ1) is 18.7. The Morgan fingerprint density at radius 1 is 0.931 bits per heavy atom. The highest BCUT2D eigenvalue weighted by molar-refractivity contribution is 6.09. The zero-order valence-electron chi connectivity index (χ0n) is 16.2. The molecule has 0 spiro atoms. The monoisotopic (exact) mass is 386 g/mol. The molecule has 29 heavy (non-hydrogen) atoms. The highest BCUT2D eigenvalue weighted by Gasteiger charge is 2.25. The number of rotatable bonds is 5. The van der Waals surface area contributed by atoms with Crippen LogP contribution in [0.5, 0.6) is 5.75 Å². The van der Waals surface area contributed by atoms with Gasteiger partial charge < -0.3 is 15.0 Å². The quantitative estimate of drug-likeness (QED) is 0.700. The van der Waals surface area contributed by atoms with E-state index in [0.29, 0.717) is 30.0 Å². The van der Waals surface area contributed by atoms with Crippen LogP contribution in [0.15, 0.2) is 72.8 Å². The molecule has 0 fully saturated rings. The molecule has 0 bridgehead atoms. The van der Waals surface area contributed by atoms with Gasteiger partial charge in [-0.15, -0.1) is 0 Å². The van der Waals surface area contributed by atoms with Gasteiger partial charge in [0.1, 0.15) is 5.75 Å². The zero-order chi connectivity index (χ0) is 20.2. The number of ether oxygens (including phenoxy) is 1. The van der Waals surface area contributed by atoms with Crippen LogP contribution in [0.3, 0.4) is 0 Å². The van der Waals surface area contributed by atoms with Gasteiger partial charge in [-0.05, 0) is 73.5 Å². The summed E-state index contributed by atoms with van der Waals surface area (Å²) >= 11 is 0. The van der Waals surface area contributed by atoms with Gasteiger partial charge in [-0.3, -0.25) is 9.59 Å². The number of nitrogens with one attached hydrogen (secondary N) is 1. The summed E-state index contributed by atoms with van der Waals surface area (Å²) in [6, 6.07) is 21.9. The summed E-state index contributed by atoms with van der Waals surface area (Å²) in [5.41, 5.74) is 3.91. The Labute approximate surface area is 169 Å². The molecule has 0 saturated carbocycles. The molecule has 3 aromatic carbocycles. The Bertz CT molecular complexity index is 1030. The van der Waals surface area contributed by atoms with E-state index in [2.05, 4.69) is 11.4 Å². The molecule has 2 amide bonds. The zero-order valence-corrected chi connectivity index (χ0v) is 16.2. The predicted molar refractivity (Wildman–Crippen MR) is 114 cm³/mol. The molecule has 1 heterocycles. The van der Waals surface area contributed by atoms with Crippen LogP contribution >= 0.6 is 0 Å². The van der Waals surface area contributed by atoms with Gasteiger partial charge in [0.05, 0.1) is 6.61 Å². The summed E-state index contributed by atoms with van der Waals surface area (Å²) in [7, 11) is 0. The maximum atomic E-state index is 12.9. The molecule has 3 aromatic rings. The van der Waals surface area contributed by atoms with E-state index in [1.807, 2.05) is 37.3 Å². The predicted octanol–water partition coefficient (Wildman–Crippen LogP) is 4.54. The molecule has 5 nitrogen and oxygen atoms in total. The van der Waals surface area contributed by atoms with E-state index in [9.17, 15) is 9.59 Å². The summed E-state index contributed by atoms with van der Waals surface area (Å²) in [6.07, 6.45) is 0.866. The maximum Gasteiger partial charge on any atom is 0.258 e. The molecule has 0 atom stereocenters. The number of carbonyl (C=O) groups is 2. The fraction of sp³-hybridized carbons (Fsp3) is 0.167. The van der Waals surface area contributed by atoms with Crippen molar-refractivity contribution in [1.29, 1.82) is 0 Å².